The lowest BCUT2D eigenvalue weighted by atomic mass is 9.43. The normalized spacial score (nSPS) is 48.3. The van der Waals surface area contributed by atoms with Crippen molar-refractivity contribution in [1.29, 1.82) is 0 Å². The molecule has 7 nitrogen and oxygen atoms in total. The molecule has 4 rings (SSSR count). The van der Waals surface area contributed by atoms with Crippen LogP contribution in [-0.2, 0) is 4.79 Å². The van der Waals surface area contributed by atoms with Gasteiger partial charge >= 0.3 is 0 Å². The minimum Gasteiger partial charge on any atom is -0.393 e. The van der Waals surface area contributed by atoms with Gasteiger partial charge in [0, 0.05) is 16.7 Å². The first-order valence-corrected chi connectivity index (χ1v) is 13.4. The Hall–Kier alpha value is -0.830. The van der Waals surface area contributed by atoms with Crippen molar-refractivity contribution in [3.63, 3.8) is 0 Å². The van der Waals surface area contributed by atoms with Crippen LogP contribution < -0.4 is 0 Å². The molecule has 11 unspecified atom stereocenters. The number of aliphatic hydroxyl groups is 6. The predicted molar refractivity (Wildman–Crippen MR) is 131 cm³/mol. The number of carbonyl (C=O) groups is 1. The van der Waals surface area contributed by atoms with E-state index in [0.717, 1.165) is 0 Å². The van der Waals surface area contributed by atoms with E-state index in [4.69, 9.17) is 0 Å². The van der Waals surface area contributed by atoms with Gasteiger partial charge in [0.15, 0.2) is 5.78 Å². The minimum atomic E-state index is -1.38. The standard InChI is InChI=1S/C28H46O7/c1-15(24(3,4)34)11-23(33)27(16(2)29)9-10-28(35)18-12-20(30)19-13-21(31)22(32)14-25(19,5)17(18)7-8-26(27,28)6/h12,15-17,19,21-23,29,31-35H,7-11,13-14H2,1-6H3. The third-order valence-electron chi connectivity index (χ3n) is 11.6. The van der Waals surface area contributed by atoms with Crippen molar-refractivity contribution in [2.75, 3.05) is 0 Å². The third kappa shape index (κ3) is 3.56. The second-order valence-corrected chi connectivity index (χ2v) is 13.4. The quantitative estimate of drug-likeness (QED) is 0.344. The van der Waals surface area contributed by atoms with E-state index in [-0.39, 0.29) is 30.5 Å². The van der Waals surface area contributed by atoms with E-state index in [1.165, 1.54) is 0 Å². The Kier molecular flexibility index (Phi) is 6.48. The maximum absolute atomic E-state index is 13.4. The monoisotopic (exact) mass is 494 g/mol. The Bertz CT molecular complexity index is 892. The van der Waals surface area contributed by atoms with Gasteiger partial charge in [-0.1, -0.05) is 20.8 Å². The van der Waals surface area contributed by atoms with E-state index in [2.05, 4.69) is 0 Å². The average molecular weight is 495 g/mol. The van der Waals surface area contributed by atoms with E-state index in [1.807, 2.05) is 20.8 Å². The lowest BCUT2D eigenvalue weighted by Gasteiger charge is -2.62. The zero-order valence-electron chi connectivity index (χ0n) is 22.2. The number of ketones is 1. The molecule has 0 aromatic heterocycles. The van der Waals surface area contributed by atoms with Crippen molar-refractivity contribution in [2.24, 2.45) is 34.0 Å². The number of rotatable bonds is 5. The molecule has 200 valence electrons. The second-order valence-electron chi connectivity index (χ2n) is 13.4. The molecule has 0 aliphatic heterocycles. The second kappa shape index (κ2) is 8.34. The Balaban J connectivity index is 1.77. The molecule has 0 amide bonds. The molecular formula is C28H46O7. The molecule has 0 aromatic rings. The number of fused-ring (bicyclic) bond motifs is 5. The summed E-state index contributed by atoms with van der Waals surface area (Å²) in [5.74, 6) is -0.869. The summed E-state index contributed by atoms with van der Waals surface area (Å²) in [6.45, 7) is 10.9. The molecule has 0 radical (unpaired) electrons. The molecule has 11 atom stereocenters. The SMILES string of the molecule is CC(CC(O)C1(C(C)O)CCC2(O)C3=CC(=O)C4CC(O)C(O)CC4(C)C3CCC21C)C(C)(C)O. The van der Waals surface area contributed by atoms with Crippen molar-refractivity contribution < 1.29 is 35.4 Å². The van der Waals surface area contributed by atoms with Gasteiger partial charge in [-0.25, -0.2) is 0 Å². The van der Waals surface area contributed by atoms with Gasteiger partial charge in [-0.05, 0) is 94.6 Å². The fraction of sp³-hybridized carbons (Fsp3) is 0.893. The van der Waals surface area contributed by atoms with Gasteiger partial charge < -0.3 is 30.6 Å². The molecule has 6 N–H and O–H groups in total. The largest absolute Gasteiger partial charge is 0.393 e. The first-order chi connectivity index (χ1) is 16.0. The summed E-state index contributed by atoms with van der Waals surface area (Å²) in [6, 6.07) is 0. The molecule has 0 bridgehead atoms. The maximum atomic E-state index is 13.4. The molecule has 3 saturated carbocycles. The van der Waals surface area contributed by atoms with Gasteiger partial charge in [-0.15, -0.1) is 0 Å². The molecule has 35 heavy (non-hydrogen) atoms. The van der Waals surface area contributed by atoms with Crippen LogP contribution >= 0.6 is 0 Å². The Morgan fingerprint density at radius 2 is 1.69 bits per heavy atom. The van der Waals surface area contributed by atoms with Crippen molar-refractivity contribution in [3.8, 4) is 0 Å². The molecule has 0 saturated heterocycles. The topological polar surface area (TPSA) is 138 Å². The minimum absolute atomic E-state index is 0.117. The van der Waals surface area contributed by atoms with Crippen molar-refractivity contribution >= 4 is 5.78 Å². The first kappa shape index (κ1) is 27.2. The van der Waals surface area contributed by atoms with Crippen molar-refractivity contribution in [2.45, 2.75) is 122 Å². The van der Waals surface area contributed by atoms with E-state index in [9.17, 15) is 35.4 Å². The van der Waals surface area contributed by atoms with Crippen LogP contribution in [0.25, 0.3) is 0 Å². The summed E-state index contributed by atoms with van der Waals surface area (Å²) in [5, 5.41) is 66.5. The lowest BCUT2D eigenvalue weighted by molar-refractivity contribution is -0.198. The van der Waals surface area contributed by atoms with Gasteiger partial charge in [-0.2, -0.15) is 0 Å². The summed E-state index contributed by atoms with van der Waals surface area (Å²) < 4.78 is 0. The van der Waals surface area contributed by atoms with E-state index in [1.54, 1.807) is 26.8 Å². The Morgan fingerprint density at radius 1 is 1.06 bits per heavy atom. The van der Waals surface area contributed by atoms with Crippen LogP contribution in [0.4, 0.5) is 0 Å². The van der Waals surface area contributed by atoms with Crippen molar-refractivity contribution in [1.82, 2.24) is 0 Å². The first-order valence-electron chi connectivity index (χ1n) is 13.4. The number of hydrogen-bond acceptors (Lipinski definition) is 7. The highest BCUT2D eigenvalue weighted by Gasteiger charge is 2.73. The highest BCUT2D eigenvalue weighted by atomic mass is 16.3. The summed E-state index contributed by atoms with van der Waals surface area (Å²) in [4.78, 5) is 13.4. The molecule has 4 aliphatic rings. The fourth-order valence-corrected chi connectivity index (χ4v) is 8.80. The molecule has 3 fully saturated rings. The lowest BCUT2D eigenvalue weighted by Crippen LogP contribution is -2.65. The summed E-state index contributed by atoms with van der Waals surface area (Å²) in [5.41, 5.74) is -4.16. The molecule has 7 heteroatoms. The van der Waals surface area contributed by atoms with Crippen LogP contribution in [0.2, 0.25) is 0 Å². The smallest absolute Gasteiger partial charge is 0.159 e. The van der Waals surface area contributed by atoms with Gasteiger partial charge in [0.2, 0.25) is 0 Å². The fourth-order valence-electron chi connectivity index (χ4n) is 8.80. The molecule has 0 aromatic carbocycles. The van der Waals surface area contributed by atoms with E-state index < -0.39 is 57.8 Å². The zero-order valence-corrected chi connectivity index (χ0v) is 22.2. The molecule has 0 heterocycles. The number of hydrogen-bond donors (Lipinski definition) is 6. The number of aliphatic hydroxyl groups excluding tert-OH is 4. The van der Waals surface area contributed by atoms with E-state index >= 15 is 0 Å². The van der Waals surface area contributed by atoms with Gasteiger partial charge in [0.25, 0.3) is 0 Å². The zero-order chi connectivity index (χ0) is 26.4. The van der Waals surface area contributed by atoms with Gasteiger partial charge in [-0.3, -0.25) is 4.79 Å². The highest BCUT2D eigenvalue weighted by molar-refractivity contribution is 5.95. The van der Waals surface area contributed by atoms with Crippen LogP contribution in [0, 0.1) is 34.0 Å². The molecule has 0 spiro atoms. The van der Waals surface area contributed by atoms with Crippen LogP contribution in [0.1, 0.15) is 86.5 Å². The van der Waals surface area contributed by atoms with Gasteiger partial charge in [0.05, 0.1) is 35.6 Å². The van der Waals surface area contributed by atoms with Crippen molar-refractivity contribution in [3.05, 3.63) is 11.6 Å². The highest BCUT2D eigenvalue weighted by Crippen LogP contribution is 2.72. The molecule has 4 aliphatic carbocycles. The van der Waals surface area contributed by atoms with Gasteiger partial charge in [0.1, 0.15) is 0 Å². The van der Waals surface area contributed by atoms with Crippen LogP contribution in [0.5, 0.6) is 0 Å². The third-order valence-corrected chi connectivity index (χ3v) is 11.6. The predicted octanol–water partition coefficient (Wildman–Crippen LogP) is 2.10. The Morgan fingerprint density at radius 3 is 2.26 bits per heavy atom. The summed E-state index contributed by atoms with van der Waals surface area (Å²) >= 11 is 0. The average Bonchev–Trinajstić information content (AvgIpc) is 2.98. The summed E-state index contributed by atoms with van der Waals surface area (Å²) in [6.07, 6.45) is 0.642. The maximum Gasteiger partial charge on any atom is 0.159 e. The van der Waals surface area contributed by atoms with E-state index in [0.29, 0.717) is 37.7 Å². The number of allylic oxidation sites excluding steroid dienone is 1. The summed E-state index contributed by atoms with van der Waals surface area (Å²) in [7, 11) is 0. The van der Waals surface area contributed by atoms with Crippen LogP contribution in [0.3, 0.4) is 0 Å². The molecular weight excluding hydrogens is 448 g/mol. The van der Waals surface area contributed by atoms with Crippen LogP contribution in [0.15, 0.2) is 11.6 Å². The Labute approximate surface area is 209 Å². The number of carbonyl (C=O) groups excluding carboxylic acids is 1. The van der Waals surface area contributed by atoms with Crippen LogP contribution in [-0.4, -0.2) is 72.0 Å².